The first-order valence-corrected chi connectivity index (χ1v) is 25.3. The summed E-state index contributed by atoms with van der Waals surface area (Å²) in [6.07, 6.45) is 65.4. The molecule has 0 aromatic rings. The van der Waals surface area contributed by atoms with Crippen LogP contribution in [-0.2, 0) is 28.6 Å². The molecule has 0 N–H and O–H groups in total. The highest BCUT2D eigenvalue weighted by atomic mass is 16.6. The molecule has 0 radical (unpaired) electrons. The number of hydrogen-bond donors (Lipinski definition) is 0. The van der Waals surface area contributed by atoms with Gasteiger partial charge in [0.1, 0.15) is 13.2 Å². The molecule has 0 aliphatic rings. The molecule has 6 heteroatoms. The zero-order valence-electron chi connectivity index (χ0n) is 40.1. The predicted octanol–water partition coefficient (Wildman–Crippen LogP) is 16.6. The van der Waals surface area contributed by atoms with Gasteiger partial charge in [0.05, 0.1) is 0 Å². The maximum absolute atomic E-state index is 12.8. The van der Waals surface area contributed by atoms with E-state index < -0.39 is 6.10 Å². The number of hydrogen-bond acceptors (Lipinski definition) is 6. The molecule has 62 heavy (non-hydrogen) atoms. The van der Waals surface area contributed by atoms with Crippen LogP contribution in [0.2, 0.25) is 0 Å². The van der Waals surface area contributed by atoms with E-state index in [0.29, 0.717) is 19.3 Å². The van der Waals surface area contributed by atoms with Crippen LogP contribution in [0.1, 0.15) is 220 Å². The summed E-state index contributed by atoms with van der Waals surface area (Å²) in [4.78, 5) is 37.9. The summed E-state index contributed by atoms with van der Waals surface area (Å²) in [6, 6.07) is 0. The number of unbranched alkanes of at least 4 members (excludes halogenated alkanes) is 21. The molecule has 352 valence electrons. The summed E-state index contributed by atoms with van der Waals surface area (Å²) in [6.45, 7) is 6.30. The van der Waals surface area contributed by atoms with Crippen LogP contribution in [-0.4, -0.2) is 37.2 Å². The quantitative estimate of drug-likeness (QED) is 0.0200. The third-order valence-electron chi connectivity index (χ3n) is 10.4. The monoisotopic (exact) mass is 861 g/mol. The lowest BCUT2D eigenvalue weighted by Gasteiger charge is -2.18. The van der Waals surface area contributed by atoms with E-state index in [9.17, 15) is 14.4 Å². The highest BCUT2D eigenvalue weighted by Gasteiger charge is 2.19. The number of allylic oxidation sites excluding steroid dienone is 16. The number of esters is 3. The van der Waals surface area contributed by atoms with Crippen molar-refractivity contribution in [1.82, 2.24) is 0 Å². The topological polar surface area (TPSA) is 78.9 Å². The van der Waals surface area contributed by atoms with Crippen molar-refractivity contribution in [3.8, 4) is 0 Å². The first-order chi connectivity index (χ1) is 30.5. The molecule has 0 heterocycles. The average molecular weight is 861 g/mol. The normalized spacial score (nSPS) is 12.9. The predicted molar refractivity (Wildman–Crippen MR) is 265 cm³/mol. The van der Waals surface area contributed by atoms with Crippen molar-refractivity contribution in [1.29, 1.82) is 0 Å². The molecule has 0 aromatic heterocycles. The number of carbonyl (C=O) groups is 3. The third kappa shape index (κ3) is 47.4. The van der Waals surface area contributed by atoms with Crippen LogP contribution in [0.15, 0.2) is 97.2 Å². The fourth-order valence-electron chi connectivity index (χ4n) is 6.68. The minimum atomic E-state index is -0.812. The Kier molecular flexibility index (Phi) is 47.0. The summed E-state index contributed by atoms with van der Waals surface area (Å²) >= 11 is 0. The summed E-state index contributed by atoms with van der Waals surface area (Å²) in [5, 5.41) is 0. The van der Waals surface area contributed by atoms with E-state index in [4.69, 9.17) is 14.2 Å². The van der Waals surface area contributed by atoms with Gasteiger partial charge in [0.15, 0.2) is 6.10 Å². The van der Waals surface area contributed by atoms with E-state index in [0.717, 1.165) is 70.6 Å². The second-order valence-corrected chi connectivity index (χ2v) is 16.4. The Labute approximate surface area is 381 Å². The Morgan fingerprint density at radius 2 is 0.726 bits per heavy atom. The van der Waals surface area contributed by atoms with Crippen LogP contribution in [0, 0.1) is 0 Å². The molecule has 0 aliphatic heterocycles. The van der Waals surface area contributed by atoms with Crippen molar-refractivity contribution in [2.75, 3.05) is 13.2 Å². The van der Waals surface area contributed by atoms with Crippen molar-refractivity contribution in [2.24, 2.45) is 0 Å². The largest absolute Gasteiger partial charge is 0.462 e. The summed E-state index contributed by atoms with van der Waals surface area (Å²) in [7, 11) is 0. The van der Waals surface area contributed by atoms with Gasteiger partial charge in [-0.05, 0) is 83.5 Å². The second-order valence-electron chi connectivity index (χ2n) is 16.4. The van der Waals surface area contributed by atoms with E-state index in [1.54, 1.807) is 0 Å². The molecule has 0 bridgehead atoms. The molecule has 0 rings (SSSR count). The van der Waals surface area contributed by atoms with Gasteiger partial charge >= 0.3 is 17.9 Å². The van der Waals surface area contributed by atoms with Gasteiger partial charge in [0, 0.05) is 19.3 Å². The Hall–Kier alpha value is -3.67. The van der Waals surface area contributed by atoms with Crippen molar-refractivity contribution >= 4 is 17.9 Å². The highest BCUT2D eigenvalue weighted by Crippen LogP contribution is 2.14. The molecule has 0 spiro atoms. The molecule has 0 saturated carbocycles. The molecule has 0 aromatic carbocycles. The van der Waals surface area contributed by atoms with Gasteiger partial charge in [-0.3, -0.25) is 14.4 Å². The first-order valence-electron chi connectivity index (χ1n) is 25.3. The number of rotatable bonds is 44. The zero-order valence-corrected chi connectivity index (χ0v) is 40.1. The maximum atomic E-state index is 12.8. The van der Waals surface area contributed by atoms with Crippen molar-refractivity contribution in [3.63, 3.8) is 0 Å². The molecular weight excluding hydrogens is 769 g/mol. The van der Waals surface area contributed by atoms with E-state index in [-0.39, 0.29) is 37.5 Å². The zero-order chi connectivity index (χ0) is 45.1. The van der Waals surface area contributed by atoms with E-state index in [1.165, 1.54) is 103 Å². The minimum absolute atomic E-state index is 0.107. The van der Waals surface area contributed by atoms with Crippen LogP contribution in [0.25, 0.3) is 0 Å². The maximum Gasteiger partial charge on any atom is 0.306 e. The highest BCUT2D eigenvalue weighted by molar-refractivity contribution is 5.71. The molecule has 6 nitrogen and oxygen atoms in total. The summed E-state index contributed by atoms with van der Waals surface area (Å²) in [5.74, 6) is -1.00. The Morgan fingerprint density at radius 3 is 1.23 bits per heavy atom. The lowest BCUT2D eigenvalue weighted by molar-refractivity contribution is -0.167. The summed E-state index contributed by atoms with van der Waals surface area (Å²) in [5.41, 5.74) is 0. The average Bonchev–Trinajstić information content (AvgIpc) is 3.27. The van der Waals surface area contributed by atoms with Gasteiger partial charge in [-0.1, -0.05) is 214 Å². The van der Waals surface area contributed by atoms with Crippen molar-refractivity contribution in [3.05, 3.63) is 97.2 Å². The Bertz CT molecular complexity index is 1260. The molecular formula is C56H92O6. The van der Waals surface area contributed by atoms with Crippen LogP contribution >= 0.6 is 0 Å². The Morgan fingerprint density at radius 1 is 0.355 bits per heavy atom. The van der Waals surface area contributed by atoms with Gasteiger partial charge in [-0.2, -0.15) is 0 Å². The summed E-state index contributed by atoms with van der Waals surface area (Å²) < 4.78 is 16.7. The van der Waals surface area contributed by atoms with Crippen LogP contribution in [0.4, 0.5) is 0 Å². The number of carbonyl (C=O) groups excluding carboxylic acids is 3. The standard InChI is InChI=1S/C56H92O6/c1-4-7-10-13-16-19-22-25-27-28-29-32-34-37-40-43-46-49-55(58)61-52-53(51-60-54(57)48-45-42-39-36-33-30-24-21-18-15-12-9-6-3)62-56(59)50-47-44-41-38-35-31-26-23-20-17-14-11-8-5-2/h8-9,11-12,15,17-18,20-21,24-25,27,30,33,36,39,53H,4-7,10,13-14,16,19,22-23,26,28-29,31-32,34-35,37-38,40-52H2,1-3H3/b11-8+,12-9+,18-15+,20-17+,24-21+,27-25+,33-30+,39-36+. The van der Waals surface area contributed by atoms with Crippen molar-refractivity contribution < 1.29 is 28.6 Å². The van der Waals surface area contributed by atoms with E-state index in [1.807, 2.05) is 54.7 Å². The van der Waals surface area contributed by atoms with Crippen LogP contribution < -0.4 is 0 Å². The number of ether oxygens (including phenoxy) is 3. The first kappa shape index (κ1) is 58.3. The van der Waals surface area contributed by atoms with Gasteiger partial charge in [-0.25, -0.2) is 0 Å². The second kappa shape index (κ2) is 50.0. The van der Waals surface area contributed by atoms with Gasteiger partial charge in [-0.15, -0.1) is 0 Å². The van der Waals surface area contributed by atoms with Crippen molar-refractivity contribution in [2.45, 2.75) is 226 Å². The van der Waals surface area contributed by atoms with Crippen LogP contribution in [0.5, 0.6) is 0 Å². The third-order valence-corrected chi connectivity index (χ3v) is 10.4. The molecule has 1 unspecified atom stereocenters. The fourth-order valence-corrected chi connectivity index (χ4v) is 6.68. The van der Waals surface area contributed by atoms with Gasteiger partial charge < -0.3 is 14.2 Å². The SMILES string of the molecule is CC/C=C/C=C/C=C/C=C/C=C/CCCC(=O)OCC(COC(=O)CCCCCCCCC/C=C/CCCCCCCC)OC(=O)CCCCCCCCC/C=C/C/C=C/CC. The minimum Gasteiger partial charge on any atom is -0.462 e. The fraction of sp³-hybridized carbons (Fsp3) is 0.661. The van der Waals surface area contributed by atoms with E-state index in [2.05, 4.69) is 63.3 Å². The molecule has 0 aliphatic carbocycles. The van der Waals surface area contributed by atoms with Gasteiger partial charge in [0.25, 0.3) is 0 Å². The molecule has 0 amide bonds. The lowest BCUT2D eigenvalue weighted by Crippen LogP contribution is -2.30. The van der Waals surface area contributed by atoms with Gasteiger partial charge in [0.2, 0.25) is 0 Å². The smallest absolute Gasteiger partial charge is 0.306 e. The molecule has 0 saturated heterocycles. The Balaban J connectivity index is 4.48. The van der Waals surface area contributed by atoms with E-state index >= 15 is 0 Å². The molecule has 1 atom stereocenters. The lowest BCUT2D eigenvalue weighted by atomic mass is 10.1. The molecule has 0 fully saturated rings. The van der Waals surface area contributed by atoms with Crippen LogP contribution in [0.3, 0.4) is 0 Å².